The molecule has 0 aromatic heterocycles. The highest BCUT2D eigenvalue weighted by molar-refractivity contribution is 6.30. The van der Waals surface area contributed by atoms with Crippen molar-refractivity contribution in [2.24, 2.45) is 0 Å². The van der Waals surface area contributed by atoms with E-state index in [4.69, 9.17) is 11.6 Å². The van der Waals surface area contributed by atoms with E-state index in [0.717, 1.165) is 25.9 Å². The fraction of sp³-hybridized carbons (Fsp3) is 0.462. The molecule has 1 aromatic rings. The predicted octanol–water partition coefficient (Wildman–Crippen LogP) is 3.03. The fourth-order valence-corrected chi connectivity index (χ4v) is 2.24. The molecule has 1 saturated heterocycles. The molecule has 1 aliphatic rings. The van der Waals surface area contributed by atoms with Crippen molar-refractivity contribution in [1.82, 2.24) is 4.90 Å². The summed E-state index contributed by atoms with van der Waals surface area (Å²) >= 11 is 5.67. The molecule has 0 unspecified atom stereocenters. The van der Waals surface area contributed by atoms with Gasteiger partial charge in [-0.15, -0.1) is 0 Å². The molecule has 0 aliphatic carbocycles. The molecule has 0 N–H and O–H groups in total. The Morgan fingerprint density at radius 2 is 2.00 bits per heavy atom. The van der Waals surface area contributed by atoms with Gasteiger partial charge < -0.3 is 4.90 Å². The molecule has 1 aliphatic heterocycles. The van der Waals surface area contributed by atoms with Crippen LogP contribution in [0.1, 0.15) is 24.8 Å². The van der Waals surface area contributed by atoms with Gasteiger partial charge in [0.15, 0.2) is 0 Å². The molecule has 0 saturated carbocycles. The number of carbonyl (C=O) groups is 1. The Balaban J connectivity index is 2.02. The maximum atomic E-state index is 13.5. The molecule has 0 atom stereocenters. The summed E-state index contributed by atoms with van der Waals surface area (Å²) in [6.07, 6.45) is 3.41. The number of likely N-dealkylation sites (tertiary alicyclic amines) is 1. The number of hydrogen-bond acceptors (Lipinski definition) is 1. The van der Waals surface area contributed by atoms with Crippen molar-refractivity contribution in [3.8, 4) is 0 Å². The molecule has 0 spiro atoms. The number of nitrogens with zero attached hydrogens (tertiary/aromatic N) is 1. The summed E-state index contributed by atoms with van der Waals surface area (Å²) in [5, 5.41) is 0.358. The van der Waals surface area contributed by atoms with Crippen molar-refractivity contribution < 1.29 is 9.18 Å². The van der Waals surface area contributed by atoms with E-state index < -0.39 is 5.82 Å². The minimum Gasteiger partial charge on any atom is -0.342 e. The highest BCUT2D eigenvalue weighted by Gasteiger charge is 2.17. The van der Waals surface area contributed by atoms with Crippen molar-refractivity contribution in [2.75, 3.05) is 13.1 Å². The van der Waals surface area contributed by atoms with E-state index >= 15 is 0 Å². The molecule has 17 heavy (non-hydrogen) atoms. The molecule has 1 amide bonds. The minimum absolute atomic E-state index is 0.00548. The van der Waals surface area contributed by atoms with Gasteiger partial charge in [0.2, 0.25) is 5.91 Å². The molecular weight excluding hydrogens is 241 g/mol. The molecule has 0 radical (unpaired) electrons. The summed E-state index contributed by atoms with van der Waals surface area (Å²) in [4.78, 5) is 13.7. The zero-order valence-corrected chi connectivity index (χ0v) is 10.3. The minimum atomic E-state index is -0.400. The molecule has 1 heterocycles. The SMILES string of the molecule is O=C(Cc1ccc(Cl)cc1F)N1CCCCC1. The quantitative estimate of drug-likeness (QED) is 0.796. The second-order valence-corrected chi connectivity index (χ2v) is 4.79. The van der Waals surface area contributed by atoms with Gasteiger partial charge in [-0.2, -0.15) is 0 Å². The number of rotatable bonds is 2. The van der Waals surface area contributed by atoms with E-state index in [-0.39, 0.29) is 12.3 Å². The van der Waals surface area contributed by atoms with Gasteiger partial charge in [-0.1, -0.05) is 17.7 Å². The van der Waals surface area contributed by atoms with E-state index in [9.17, 15) is 9.18 Å². The third-order valence-electron chi connectivity index (χ3n) is 3.07. The smallest absolute Gasteiger partial charge is 0.227 e. The summed E-state index contributed by atoms with van der Waals surface area (Å²) < 4.78 is 13.5. The van der Waals surface area contributed by atoms with Gasteiger partial charge in [-0.25, -0.2) is 4.39 Å². The van der Waals surface area contributed by atoms with Crippen molar-refractivity contribution in [3.63, 3.8) is 0 Å². The van der Waals surface area contributed by atoms with E-state index in [1.165, 1.54) is 12.5 Å². The van der Waals surface area contributed by atoms with Crippen LogP contribution in [0.15, 0.2) is 18.2 Å². The summed E-state index contributed by atoms with van der Waals surface area (Å²) in [5.41, 5.74) is 0.421. The second-order valence-electron chi connectivity index (χ2n) is 4.35. The van der Waals surface area contributed by atoms with E-state index in [2.05, 4.69) is 0 Å². The number of benzene rings is 1. The van der Waals surface area contributed by atoms with E-state index in [1.54, 1.807) is 12.1 Å². The van der Waals surface area contributed by atoms with Crippen molar-refractivity contribution in [3.05, 3.63) is 34.6 Å². The predicted molar refractivity (Wildman–Crippen MR) is 65.5 cm³/mol. The molecule has 92 valence electrons. The van der Waals surface area contributed by atoms with Crippen LogP contribution in [0.4, 0.5) is 4.39 Å². The number of hydrogen-bond donors (Lipinski definition) is 0. The molecular formula is C13H15ClFNO. The first kappa shape index (κ1) is 12.4. The van der Waals surface area contributed by atoms with Crippen LogP contribution in [0.5, 0.6) is 0 Å². The summed E-state index contributed by atoms with van der Waals surface area (Å²) in [5.74, 6) is -0.395. The van der Waals surface area contributed by atoms with Gasteiger partial charge in [0.1, 0.15) is 5.82 Å². The topological polar surface area (TPSA) is 20.3 Å². The van der Waals surface area contributed by atoms with Gasteiger partial charge in [0, 0.05) is 18.1 Å². The van der Waals surface area contributed by atoms with Gasteiger partial charge in [-0.3, -0.25) is 4.79 Å². The Morgan fingerprint density at radius 1 is 1.29 bits per heavy atom. The number of carbonyl (C=O) groups excluding carboxylic acids is 1. The van der Waals surface area contributed by atoms with Crippen LogP contribution in [-0.2, 0) is 11.2 Å². The van der Waals surface area contributed by atoms with E-state index in [1.807, 2.05) is 4.90 Å². The first-order chi connectivity index (χ1) is 8.16. The van der Waals surface area contributed by atoms with E-state index in [0.29, 0.717) is 10.6 Å². The van der Waals surface area contributed by atoms with Crippen LogP contribution in [0.3, 0.4) is 0 Å². The van der Waals surface area contributed by atoms with Crippen LogP contribution in [0.2, 0.25) is 5.02 Å². The lowest BCUT2D eigenvalue weighted by molar-refractivity contribution is -0.131. The maximum absolute atomic E-state index is 13.5. The Kier molecular flexibility index (Phi) is 4.00. The van der Waals surface area contributed by atoms with Gasteiger partial charge >= 0.3 is 0 Å². The number of halogens is 2. The molecule has 4 heteroatoms. The van der Waals surface area contributed by atoms with Crippen molar-refractivity contribution in [2.45, 2.75) is 25.7 Å². The average Bonchev–Trinajstić information content (AvgIpc) is 2.34. The zero-order valence-electron chi connectivity index (χ0n) is 9.59. The summed E-state index contributed by atoms with van der Waals surface area (Å²) in [6, 6.07) is 4.45. The largest absolute Gasteiger partial charge is 0.342 e. The monoisotopic (exact) mass is 255 g/mol. The third-order valence-corrected chi connectivity index (χ3v) is 3.30. The first-order valence-electron chi connectivity index (χ1n) is 5.88. The molecule has 1 fully saturated rings. The van der Waals surface area contributed by atoms with Crippen LogP contribution in [-0.4, -0.2) is 23.9 Å². The second kappa shape index (κ2) is 5.50. The molecule has 2 nitrogen and oxygen atoms in total. The Hall–Kier alpha value is -1.09. The number of amides is 1. The normalized spacial score (nSPS) is 16.0. The highest BCUT2D eigenvalue weighted by Crippen LogP contribution is 2.17. The summed E-state index contributed by atoms with van der Waals surface area (Å²) in [6.45, 7) is 1.60. The molecule has 0 bridgehead atoms. The standard InChI is InChI=1S/C13H15ClFNO/c14-11-5-4-10(12(15)9-11)8-13(17)16-6-2-1-3-7-16/h4-5,9H,1-3,6-8H2. The average molecular weight is 256 g/mol. The van der Waals surface area contributed by atoms with Crippen LogP contribution >= 0.6 is 11.6 Å². The van der Waals surface area contributed by atoms with Crippen molar-refractivity contribution in [1.29, 1.82) is 0 Å². The maximum Gasteiger partial charge on any atom is 0.227 e. The fourth-order valence-electron chi connectivity index (χ4n) is 2.08. The molecule has 1 aromatic carbocycles. The van der Waals surface area contributed by atoms with Crippen molar-refractivity contribution >= 4 is 17.5 Å². The van der Waals surface area contributed by atoms with Gasteiger partial charge in [0.25, 0.3) is 0 Å². The van der Waals surface area contributed by atoms with Crippen LogP contribution in [0.25, 0.3) is 0 Å². The lowest BCUT2D eigenvalue weighted by Crippen LogP contribution is -2.36. The number of piperidine rings is 1. The van der Waals surface area contributed by atoms with Gasteiger partial charge in [-0.05, 0) is 37.0 Å². The lowest BCUT2D eigenvalue weighted by atomic mass is 10.1. The Morgan fingerprint density at radius 3 is 2.65 bits per heavy atom. The Labute approximate surface area is 105 Å². The lowest BCUT2D eigenvalue weighted by Gasteiger charge is -2.26. The summed E-state index contributed by atoms with van der Waals surface area (Å²) in [7, 11) is 0. The van der Waals surface area contributed by atoms with Gasteiger partial charge in [0.05, 0.1) is 6.42 Å². The van der Waals surface area contributed by atoms with Crippen LogP contribution < -0.4 is 0 Å². The highest BCUT2D eigenvalue weighted by atomic mass is 35.5. The first-order valence-corrected chi connectivity index (χ1v) is 6.26. The third kappa shape index (κ3) is 3.19. The van der Waals surface area contributed by atoms with Crippen LogP contribution in [0, 0.1) is 5.82 Å². The Bertz CT molecular complexity index is 416. The zero-order chi connectivity index (χ0) is 12.3. The molecule has 2 rings (SSSR count).